The van der Waals surface area contributed by atoms with Gasteiger partial charge in [0.15, 0.2) is 5.82 Å². The molecule has 0 radical (unpaired) electrons. The molecule has 0 unspecified atom stereocenters. The molecule has 170 valence electrons. The largest absolute Gasteiger partial charge is 0.243 e. The van der Waals surface area contributed by atoms with Crippen molar-refractivity contribution < 1.29 is 8.42 Å². The molecule has 9 heteroatoms. The summed E-state index contributed by atoms with van der Waals surface area (Å²) in [5, 5.41) is 14.3. The van der Waals surface area contributed by atoms with Gasteiger partial charge in [0.25, 0.3) is 0 Å². The zero-order chi connectivity index (χ0) is 23.5. The van der Waals surface area contributed by atoms with Gasteiger partial charge in [0.05, 0.1) is 4.90 Å². The molecule has 4 rings (SSSR count). The lowest BCUT2D eigenvalue weighted by molar-refractivity contribution is 0.219. The molecule has 0 fully saturated rings. The molecule has 33 heavy (non-hydrogen) atoms. The average Bonchev–Trinajstić information content (AvgIpc) is 3.33. The van der Waals surface area contributed by atoms with Crippen LogP contribution in [-0.2, 0) is 23.0 Å². The number of nitrogens with one attached hydrogen (secondary N) is 1. The van der Waals surface area contributed by atoms with Crippen LogP contribution in [0.15, 0.2) is 83.8 Å². The Morgan fingerprint density at radius 1 is 0.909 bits per heavy atom. The van der Waals surface area contributed by atoms with Crippen LogP contribution in [0, 0.1) is 0 Å². The Hall–Kier alpha value is -3.07. The molecule has 1 heterocycles. The van der Waals surface area contributed by atoms with Crippen LogP contribution >= 0.6 is 11.6 Å². The molecule has 1 N–H and O–H groups in total. The molecule has 7 nitrogen and oxygen atoms in total. The second kappa shape index (κ2) is 9.43. The lowest BCUT2D eigenvalue weighted by Crippen LogP contribution is -2.48. The van der Waals surface area contributed by atoms with Crippen molar-refractivity contribution >= 4 is 21.6 Å². The van der Waals surface area contributed by atoms with Gasteiger partial charge in [-0.05, 0) is 66.1 Å². The maximum Gasteiger partial charge on any atom is 0.243 e. The van der Waals surface area contributed by atoms with Crippen molar-refractivity contribution in [2.45, 2.75) is 37.2 Å². The van der Waals surface area contributed by atoms with E-state index in [0.717, 1.165) is 16.7 Å². The van der Waals surface area contributed by atoms with Crippen LogP contribution in [-0.4, -0.2) is 38.9 Å². The average molecular weight is 482 g/mol. The van der Waals surface area contributed by atoms with Crippen molar-refractivity contribution in [3.05, 3.63) is 95.0 Å². The van der Waals surface area contributed by atoms with Crippen molar-refractivity contribution in [2.24, 2.45) is 0 Å². The van der Waals surface area contributed by atoms with Crippen molar-refractivity contribution in [3.8, 4) is 11.4 Å². The van der Waals surface area contributed by atoms with Gasteiger partial charge in [-0.25, -0.2) is 13.5 Å². The summed E-state index contributed by atoms with van der Waals surface area (Å²) in [5.74, 6) is 0.552. The standard InChI is InChI=1S/C24H24ClN5O2S/c1-24(2,16-18-6-4-3-5-7-18)30(33(31,32)22-14-12-21(25)13-15-22)17-19-8-10-20(11-9-19)23-26-28-29-27-23/h3-15H,16-17H2,1-2H3,(H,26,27,28,29). The van der Waals surface area contributed by atoms with Crippen LogP contribution in [0.1, 0.15) is 25.0 Å². The fraction of sp³-hybridized carbons (Fsp3) is 0.208. The lowest BCUT2D eigenvalue weighted by atomic mass is 9.94. The molecule has 0 amide bonds. The highest BCUT2D eigenvalue weighted by atomic mass is 35.5. The Balaban J connectivity index is 1.69. The zero-order valence-electron chi connectivity index (χ0n) is 18.3. The third-order valence-electron chi connectivity index (χ3n) is 5.46. The summed E-state index contributed by atoms with van der Waals surface area (Å²) in [5.41, 5.74) is 2.03. The Labute approximate surface area is 198 Å². The van der Waals surface area contributed by atoms with Crippen molar-refractivity contribution in [1.29, 1.82) is 0 Å². The Bertz CT molecular complexity index is 1290. The first-order valence-corrected chi connectivity index (χ1v) is 12.2. The van der Waals surface area contributed by atoms with E-state index in [1.165, 1.54) is 0 Å². The van der Waals surface area contributed by atoms with Crippen LogP contribution in [0.4, 0.5) is 0 Å². The molecular weight excluding hydrogens is 458 g/mol. The molecule has 0 spiro atoms. The van der Waals surface area contributed by atoms with Gasteiger partial charge in [0.1, 0.15) is 0 Å². The number of H-pyrrole nitrogens is 1. The van der Waals surface area contributed by atoms with E-state index in [1.54, 1.807) is 28.6 Å². The Morgan fingerprint density at radius 2 is 1.58 bits per heavy atom. The summed E-state index contributed by atoms with van der Waals surface area (Å²) in [6, 6.07) is 23.7. The molecule has 0 saturated heterocycles. The molecule has 0 atom stereocenters. The SMILES string of the molecule is CC(C)(Cc1ccccc1)N(Cc1ccc(-c2nnn[nH]2)cc1)S(=O)(=O)c1ccc(Cl)cc1. The van der Waals surface area contributed by atoms with E-state index < -0.39 is 15.6 Å². The number of rotatable bonds is 8. The number of nitrogens with zero attached hydrogens (tertiary/aromatic N) is 4. The van der Waals surface area contributed by atoms with Gasteiger partial charge in [-0.15, -0.1) is 5.10 Å². The molecule has 3 aromatic carbocycles. The Morgan fingerprint density at radius 3 is 2.18 bits per heavy atom. The smallest absolute Gasteiger partial charge is 0.239 e. The number of aromatic nitrogens is 4. The first kappa shape index (κ1) is 23.1. The van der Waals surface area contributed by atoms with Crippen LogP contribution in [0.5, 0.6) is 0 Å². The third-order valence-corrected chi connectivity index (χ3v) is 7.78. The van der Waals surface area contributed by atoms with E-state index in [4.69, 9.17) is 11.6 Å². The predicted molar refractivity (Wildman–Crippen MR) is 128 cm³/mol. The molecular formula is C24H24ClN5O2S. The van der Waals surface area contributed by atoms with Gasteiger partial charge in [0.2, 0.25) is 10.0 Å². The minimum atomic E-state index is -3.81. The fourth-order valence-electron chi connectivity index (χ4n) is 3.76. The summed E-state index contributed by atoms with van der Waals surface area (Å²) in [6.45, 7) is 4.10. The zero-order valence-corrected chi connectivity index (χ0v) is 19.9. The summed E-state index contributed by atoms with van der Waals surface area (Å²) < 4.78 is 29.1. The summed E-state index contributed by atoms with van der Waals surface area (Å²) >= 11 is 6.00. The summed E-state index contributed by atoms with van der Waals surface area (Å²) in [4.78, 5) is 0.206. The molecule has 4 aromatic rings. The van der Waals surface area contributed by atoms with Gasteiger partial charge in [-0.3, -0.25) is 0 Å². The van der Waals surface area contributed by atoms with E-state index in [0.29, 0.717) is 17.3 Å². The summed E-state index contributed by atoms with van der Waals surface area (Å²) in [7, 11) is -3.81. The lowest BCUT2D eigenvalue weighted by Gasteiger charge is -2.38. The highest BCUT2D eigenvalue weighted by Crippen LogP contribution is 2.31. The molecule has 1 aromatic heterocycles. The first-order chi connectivity index (χ1) is 15.8. The molecule has 0 aliphatic carbocycles. The van der Waals surface area contributed by atoms with Gasteiger partial charge in [-0.1, -0.05) is 66.2 Å². The van der Waals surface area contributed by atoms with E-state index >= 15 is 0 Å². The molecule has 0 aliphatic heterocycles. The van der Waals surface area contributed by atoms with Crippen LogP contribution in [0.2, 0.25) is 5.02 Å². The number of hydrogen-bond donors (Lipinski definition) is 1. The molecule has 0 saturated carbocycles. The number of sulfonamides is 1. The normalized spacial score (nSPS) is 12.2. The minimum absolute atomic E-state index is 0.206. The van der Waals surface area contributed by atoms with Gasteiger partial charge < -0.3 is 0 Å². The topological polar surface area (TPSA) is 91.8 Å². The van der Waals surface area contributed by atoms with E-state index in [2.05, 4.69) is 20.6 Å². The first-order valence-electron chi connectivity index (χ1n) is 10.4. The highest BCUT2D eigenvalue weighted by molar-refractivity contribution is 7.89. The number of tetrazole rings is 1. The fourth-order valence-corrected chi connectivity index (χ4v) is 5.65. The quantitative estimate of drug-likeness (QED) is 0.392. The van der Waals surface area contributed by atoms with E-state index in [-0.39, 0.29) is 11.4 Å². The second-order valence-corrected chi connectivity index (χ2v) is 10.7. The maximum absolute atomic E-state index is 13.8. The van der Waals surface area contributed by atoms with Gasteiger partial charge in [0, 0.05) is 22.7 Å². The van der Waals surface area contributed by atoms with E-state index in [9.17, 15) is 8.42 Å². The van der Waals surface area contributed by atoms with Crippen LogP contribution in [0.25, 0.3) is 11.4 Å². The highest BCUT2D eigenvalue weighted by Gasteiger charge is 2.37. The van der Waals surface area contributed by atoms with Crippen molar-refractivity contribution in [3.63, 3.8) is 0 Å². The van der Waals surface area contributed by atoms with Crippen LogP contribution < -0.4 is 0 Å². The summed E-state index contributed by atoms with van der Waals surface area (Å²) in [6.07, 6.45) is 0.558. The van der Waals surface area contributed by atoms with Gasteiger partial charge >= 0.3 is 0 Å². The Kier molecular flexibility index (Phi) is 6.60. The maximum atomic E-state index is 13.8. The predicted octanol–water partition coefficient (Wildman–Crippen LogP) is 4.73. The number of hydrogen-bond acceptors (Lipinski definition) is 5. The molecule has 0 bridgehead atoms. The van der Waals surface area contributed by atoms with Crippen LogP contribution in [0.3, 0.4) is 0 Å². The number of halogens is 1. The van der Waals surface area contributed by atoms with E-state index in [1.807, 2.05) is 68.4 Å². The third kappa shape index (κ3) is 5.30. The monoisotopic (exact) mass is 481 g/mol. The van der Waals surface area contributed by atoms with Gasteiger partial charge in [-0.2, -0.15) is 4.31 Å². The minimum Gasteiger partial charge on any atom is -0.239 e. The molecule has 0 aliphatic rings. The van der Waals surface area contributed by atoms with Crippen molar-refractivity contribution in [1.82, 2.24) is 24.9 Å². The second-order valence-electron chi connectivity index (χ2n) is 8.39. The van der Waals surface area contributed by atoms with Crippen molar-refractivity contribution in [2.75, 3.05) is 0 Å². The number of aromatic amines is 1. The number of benzene rings is 3.